The molecule has 1 amide bonds. The maximum atomic E-state index is 12.1. The van der Waals surface area contributed by atoms with Gasteiger partial charge >= 0.3 is 0 Å². The van der Waals surface area contributed by atoms with Crippen LogP contribution in [0.4, 0.5) is 0 Å². The third-order valence-corrected chi connectivity index (χ3v) is 4.17. The summed E-state index contributed by atoms with van der Waals surface area (Å²) in [4.78, 5) is 14.5. The fourth-order valence-electron chi connectivity index (χ4n) is 2.75. The number of likely N-dealkylation sites (tertiary alicyclic amines) is 1. The fourth-order valence-corrected chi connectivity index (χ4v) is 2.75. The second-order valence-electron chi connectivity index (χ2n) is 6.68. The lowest BCUT2D eigenvalue weighted by Gasteiger charge is -2.31. The Morgan fingerprint density at radius 2 is 1.86 bits per heavy atom. The molecule has 1 aliphatic heterocycles. The standard InChI is InChI=1S/C18H28N2O/c1-14(2)12-19-18(21)17-8-10-20(11-9-17)13-16-6-4-15(3)5-7-16/h4-7,14,17H,8-13H2,1-3H3,(H,19,21). The predicted molar refractivity (Wildman–Crippen MR) is 87.0 cm³/mol. The van der Waals surface area contributed by atoms with Crippen LogP contribution < -0.4 is 5.32 Å². The van der Waals surface area contributed by atoms with E-state index in [1.807, 2.05) is 0 Å². The van der Waals surface area contributed by atoms with Gasteiger partial charge in [-0.3, -0.25) is 9.69 Å². The number of amides is 1. The topological polar surface area (TPSA) is 32.3 Å². The van der Waals surface area contributed by atoms with E-state index in [1.165, 1.54) is 11.1 Å². The van der Waals surface area contributed by atoms with Crippen molar-refractivity contribution in [1.82, 2.24) is 10.2 Å². The summed E-state index contributed by atoms with van der Waals surface area (Å²) in [6, 6.07) is 8.75. The molecule has 0 atom stereocenters. The molecule has 0 aliphatic carbocycles. The van der Waals surface area contributed by atoms with Gasteiger partial charge in [-0.25, -0.2) is 0 Å². The monoisotopic (exact) mass is 288 g/mol. The Kier molecular flexibility index (Phi) is 5.80. The number of rotatable bonds is 5. The minimum atomic E-state index is 0.206. The van der Waals surface area contributed by atoms with Crippen LogP contribution in [0.25, 0.3) is 0 Å². The van der Waals surface area contributed by atoms with Crippen molar-refractivity contribution < 1.29 is 4.79 Å². The van der Waals surface area contributed by atoms with Gasteiger partial charge in [-0.1, -0.05) is 43.7 Å². The smallest absolute Gasteiger partial charge is 0.223 e. The molecule has 1 heterocycles. The summed E-state index contributed by atoms with van der Waals surface area (Å²) in [6.07, 6.45) is 1.96. The first-order valence-electron chi connectivity index (χ1n) is 8.10. The molecule has 0 aromatic heterocycles. The van der Waals surface area contributed by atoms with Gasteiger partial charge in [0.05, 0.1) is 0 Å². The van der Waals surface area contributed by atoms with Crippen molar-refractivity contribution in [1.29, 1.82) is 0 Å². The van der Waals surface area contributed by atoms with E-state index in [-0.39, 0.29) is 11.8 Å². The van der Waals surface area contributed by atoms with Crippen LogP contribution >= 0.6 is 0 Å². The summed E-state index contributed by atoms with van der Waals surface area (Å²) in [5, 5.41) is 3.07. The van der Waals surface area contributed by atoms with Crippen molar-refractivity contribution in [3.8, 4) is 0 Å². The lowest BCUT2D eigenvalue weighted by Crippen LogP contribution is -2.41. The van der Waals surface area contributed by atoms with E-state index in [0.29, 0.717) is 5.92 Å². The molecule has 0 bridgehead atoms. The molecule has 21 heavy (non-hydrogen) atoms. The Morgan fingerprint density at radius 1 is 1.24 bits per heavy atom. The zero-order chi connectivity index (χ0) is 15.2. The second-order valence-corrected chi connectivity index (χ2v) is 6.68. The highest BCUT2D eigenvalue weighted by molar-refractivity contribution is 5.78. The van der Waals surface area contributed by atoms with E-state index in [2.05, 4.69) is 55.3 Å². The lowest BCUT2D eigenvalue weighted by atomic mass is 9.95. The van der Waals surface area contributed by atoms with Crippen molar-refractivity contribution in [2.45, 2.75) is 40.2 Å². The number of nitrogens with one attached hydrogen (secondary N) is 1. The number of piperidine rings is 1. The number of hydrogen-bond donors (Lipinski definition) is 1. The van der Waals surface area contributed by atoms with Gasteiger partial charge in [0.1, 0.15) is 0 Å². The summed E-state index contributed by atoms with van der Waals surface area (Å²) in [6.45, 7) is 10.2. The quantitative estimate of drug-likeness (QED) is 0.903. The predicted octanol–water partition coefficient (Wildman–Crippen LogP) is 2.98. The van der Waals surface area contributed by atoms with Gasteiger partial charge in [-0.05, 0) is 44.3 Å². The molecule has 2 rings (SSSR count). The summed E-state index contributed by atoms with van der Waals surface area (Å²) in [5.41, 5.74) is 2.67. The first-order valence-corrected chi connectivity index (χ1v) is 8.10. The first-order chi connectivity index (χ1) is 10.0. The molecule has 116 valence electrons. The van der Waals surface area contributed by atoms with Crippen molar-refractivity contribution in [3.05, 3.63) is 35.4 Å². The van der Waals surface area contributed by atoms with Gasteiger partial charge < -0.3 is 5.32 Å². The number of benzene rings is 1. The van der Waals surface area contributed by atoms with Crippen molar-refractivity contribution >= 4 is 5.91 Å². The van der Waals surface area contributed by atoms with Gasteiger partial charge in [0.15, 0.2) is 0 Å². The molecule has 1 N–H and O–H groups in total. The zero-order valence-corrected chi connectivity index (χ0v) is 13.6. The maximum Gasteiger partial charge on any atom is 0.223 e. The average Bonchev–Trinajstić information content (AvgIpc) is 2.48. The van der Waals surface area contributed by atoms with Gasteiger partial charge in [-0.15, -0.1) is 0 Å². The van der Waals surface area contributed by atoms with Crippen LogP contribution in [0.1, 0.15) is 37.8 Å². The molecule has 3 heteroatoms. The maximum absolute atomic E-state index is 12.1. The Morgan fingerprint density at radius 3 is 2.43 bits per heavy atom. The van der Waals surface area contributed by atoms with Crippen molar-refractivity contribution in [2.75, 3.05) is 19.6 Å². The second kappa shape index (κ2) is 7.60. The van der Waals surface area contributed by atoms with Crippen molar-refractivity contribution in [2.24, 2.45) is 11.8 Å². The number of carbonyl (C=O) groups is 1. The molecule has 1 aliphatic rings. The van der Waals surface area contributed by atoms with E-state index < -0.39 is 0 Å². The van der Waals surface area contributed by atoms with Gasteiger partial charge in [0, 0.05) is 19.0 Å². The normalized spacial score (nSPS) is 17.1. The van der Waals surface area contributed by atoms with Crippen LogP contribution in [0.5, 0.6) is 0 Å². The van der Waals surface area contributed by atoms with Crippen LogP contribution in [0.2, 0.25) is 0 Å². The summed E-state index contributed by atoms with van der Waals surface area (Å²) in [5.74, 6) is 0.979. The number of hydrogen-bond acceptors (Lipinski definition) is 2. The molecule has 3 nitrogen and oxygen atoms in total. The number of nitrogens with zero attached hydrogens (tertiary/aromatic N) is 1. The molecule has 0 radical (unpaired) electrons. The van der Waals surface area contributed by atoms with E-state index in [9.17, 15) is 4.79 Å². The Bertz CT molecular complexity index is 445. The fraction of sp³-hybridized carbons (Fsp3) is 0.611. The third-order valence-electron chi connectivity index (χ3n) is 4.17. The van der Waals surface area contributed by atoms with Gasteiger partial charge in [0.2, 0.25) is 5.91 Å². The van der Waals surface area contributed by atoms with Gasteiger partial charge in [0.25, 0.3) is 0 Å². The molecule has 1 fully saturated rings. The van der Waals surface area contributed by atoms with E-state index >= 15 is 0 Å². The molecule has 1 aromatic rings. The Labute approximate surface area is 128 Å². The lowest BCUT2D eigenvalue weighted by molar-refractivity contribution is -0.126. The van der Waals surface area contributed by atoms with Crippen molar-refractivity contribution in [3.63, 3.8) is 0 Å². The van der Waals surface area contributed by atoms with Gasteiger partial charge in [-0.2, -0.15) is 0 Å². The molecule has 1 saturated heterocycles. The van der Waals surface area contributed by atoms with E-state index in [4.69, 9.17) is 0 Å². The van der Waals surface area contributed by atoms with Crippen LogP contribution in [0.3, 0.4) is 0 Å². The Hall–Kier alpha value is -1.35. The Balaban J connectivity index is 1.75. The van der Waals surface area contributed by atoms with E-state index in [1.54, 1.807) is 0 Å². The molecule has 0 unspecified atom stereocenters. The summed E-state index contributed by atoms with van der Waals surface area (Å²) >= 11 is 0. The molecular formula is C18H28N2O. The average molecular weight is 288 g/mol. The summed E-state index contributed by atoms with van der Waals surface area (Å²) < 4.78 is 0. The highest BCUT2D eigenvalue weighted by atomic mass is 16.1. The number of carbonyl (C=O) groups excluding carboxylic acids is 1. The van der Waals surface area contributed by atoms with Crippen LogP contribution in [0, 0.1) is 18.8 Å². The molecule has 1 aromatic carbocycles. The minimum absolute atomic E-state index is 0.206. The molecule has 0 saturated carbocycles. The van der Waals surface area contributed by atoms with Crippen LogP contribution in [0.15, 0.2) is 24.3 Å². The molecular weight excluding hydrogens is 260 g/mol. The number of aryl methyl sites for hydroxylation is 1. The highest BCUT2D eigenvalue weighted by Gasteiger charge is 2.24. The highest BCUT2D eigenvalue weighted by Crippen LogP contribution is 2.19. The SMILES string of the molecule is Cc1ccc(CN2CCC(C(=O)NCC(C)C)CC2)cc1. The van der Waals surface area contributed by atoms with Crippen LogP contribution in [-0.4, -0.2) is 30.4 Å². The third kappa shape index (κ3) is 5.16. The molecule has 0 spiro atoms. The minimum Gasteiger partial charge on any atom is -0.356 e. The van der Waals surface area contributed by atoms with E-state index in [0.717, 1.165) is 39.0 Å². The zero-order valence-electron chi connectivity index (χ0n) is 13.6. The summed E-state index contributed by atoms with van der Waals surface area (Å²) in [7, 11) is 0. The largest absolute Gasteiger partial charge is 0.356 e. The first kappa shape index (κ1) is 16.0. The van der Waals surface area contributed by atoms with Crippen LogP contribution in [-0.2, 0) is 11.3 Å².